The van der Waals surface area contributed by atoms with Crippen LogP contribution in [0.15, 0.2) is 9.95 Å². The van der Waals surface area contributed by atoms with Crippen LogP contribution in [-0.4, -0.2) is 33.9 Å². The maximum absolute atomic E-state index is 13.1. The number of methoxy groups -OCH3 is 1. The number of nitrogens with one attached hydrogen (secondary N) is 1. The van der Waals surface area contributed by atoms with Gasteiger partial charge in [-0.05, 0) is 44.6 Å². The van der Waals surface area contributed by atoms with Crippen molar-refractivity contribution >= 4 is 45.3 Å². The highest BCUT2D eigenvalue weighted by molar-refractivity contribution is 8.00. The van der Waals surface area contributed by atoms with E-state index < -0.39 is 17.3 Å². The Kier molecular flexibility index (Phi) is 5.90. The molecule has 0 bridgehead atoms. The minimum atomic E-state index is -0.802. The zero-order valence-corrected chi connectivity index (χ0v) is 17.5. The van der Waals surface area contributed by atoms with Crippen LogP contribution in [0.3, 0.4) is 0 Å². The zero-order chi connectivity index (χ0) is 19.7. The van der Waals surface area contributed by atoms with Crippen molar-refractivity contribution in [3.8, 4) is 0 Å². The van der Waals surface area contributed by atoms with Gasteiger partial charge in [0, 0.05) is 11.4 Å². The van der Waals surface area contributed by atoms with Crippen LogP contribution in [-0.2, 0) is 28.9 Å². The van der Waals surface area contributed by atoms with Crippen molar-refractivity contribution in [2.75, 3.05) is 7.11 Å². The number of nitrogens with zero attached hydrogens (tertiary/aromatic N) is 2. The highest BCUT2D eigenvalue weighted by atomic mass is 32.2. The third-order valence-corrected chi connectivity index (χ3v) is 7.00. The Morgan fingerprint density at radius 1 is 1.48 bits per heavy atom. The van der Waals surface area contributed by atoms with Crippen molar-refractivity contribution in [3.05, 3.63) is 20.8 Å². The highest BCUT2D eigenvalue weighted by Crippen LogP contribution is 2.36. The number of amides is 2. The molecule has 2 aromatic heterocycles. The zero-order valence-electron chi connectivity index (χ0n) is 15.8. The lowest BCUT2D eigenvalue weighted by molar-refractivity contribution is -0.119. The first-order valence-corrected chi connectivity index (χ1v) is 10.7. The summed E-state index contributed by atoms with van der Waals surface area (Å²) in [5.41, 5.74) is 1.11. The Morgan fingerprint density at radius 2 is 2.22 bits per heavy atom. The average molecular weight is 410 g/mol. The molecule has 7 nitrogen and oxygen atoms in total. The van der Waals surface area contributed by atoms with E-state index in [-0.39, 0.29) is 5.56 Å². The van der Waals surface area contributed by atoms with Crippen molar-refractivity contribution < 1.29 is 14.3 Å². The average Bonchev–Trinajstić information content (AvgIpc) is 2.98. The normalized spacial score (nSPS) is 17.4. The Morgan fingerprint density at radius 3 is 2.89 bits per heavy atom. The first kappa shape index (κ1) is 19.9. The lowest BCUT2D eigenvalue weighted by Crippen LogP contribution is -2.36. The van der Waals surface area contributed by atoms with Crippen molar-refractivity contribution in [1.82, 2.24) is 14.9 Å². The second-order valence-electron chi connectivity index (χ2n) is 6.72. The molecule has 1 aliphatic rings. The minimum absolute atomic E-state index is 0.0439. The molecule has 27 heavy (non-hydrogen) atoms. The third kappa shape index (κ3) is 3.89. The van der Waals surface area contributed by atoms with Gasteiger partial charge in [0.25, 0.3) is 5.56 Å². The highest BCUT2D eigenvalue weighted by Gasteiger charge is 2.26. The largest absolute Gasteiger partial charge is 0.453 e. The molecule has 2 aromatic rings. The molecule has 3 rings (SSSR count). The van der Waals surface area contributed by atoms with E-state index >= 15 is 0 Å². The van der Waals surface area contributed by atoms with Gasteiger partial charge in [-0.25, -0.2) is 9.78 Å². The third-order valence-electron chi connectivity index (χ3n) is 4.76. The Hall–Kier alpha value is -1.87. The molecule has 146 valence electrons. The van der Waals surface area contributed by atoms with Crippen molar-refractivity contribution in [3.63, 3.8) is 0 Å². The van der Waals surface area contributed by atoms with Crippen molar-refractivity contribution in [2.45, 2.75) is 57.0 Å². The number of thiophene rings is 1. The van der Waals surface area contributed by atoms with Crippen LogP contribution in [0, 0.1) is 5.92 Å². The molecular weight excluding hydrogens is 386 g/mol. The first-order valence-electron chi connectivity index (χ1n) is 8.96. The second-order valence-corrected chi connectivity index (χ2v) is 9.11. The van der Waals surface area contributed by atoms with Crippen LogP contribution in [0.5, 0.6) is 0 Å². The fraction of sp³-hybridized carbons (Fsp3) is 0.556. The van der Waals surface area contributed by atoms with Gasteiger partial charge in [-0.3, -0.25) is 19.5 Å². The van der Waals surface area contributed by atoms with Crippen LogP contribution in [0.1, 0.15) is 37.6 Å². The van der Waals surface area contributed by atoms with E-state index in [4.69, 9.17) is 4.98 Å². The maximum Gasteiger partial charge on any atom is 0.413 e. The smallest absolute Gasteiger partial charge is 0.413 e. The molecule has 1 aliphatic carbocycles. The van der Waals surface area contributed by atoms with Gasteiger partial charge in [0.15, 0.2) is 5.16 Å². The van der Waals surface area contributed by atoms with Gasteiger partial charge in [0.05, 0.1) is 17.7 Å². The summed E-state index contributed by atoms with van der Waals surface area (Å²) in [6.07, 6.45) is 2.19. The van der Waals surface area contributed by atoms with Gasteiger partial charge < -0.3 is 4.74 Å². The molecule has 2 amide bonds. The van der Waals surface area contributed by atoms with E-state index in [1.54, 1.807) is 22.8 Å². The fourth-order valence-corrected chi connectivity index (χ4v) is 5.63. The number of carbonyl (C=O) groups excluding carboxylic acids is 2. The number of rotatable bonds is 4. The molecule has 2 heterocycles. The molecule has 0 aromatic carbocycles. The summed E-state index contributed by atoms with van der Waals surface area (Å²) in [4.78, 5) is 43.2. The van der Waals surface area contributed by atoms with Gasteiger partial charge in [0.1, 0.15) is 4.83 Å². The molecule has 0 unspecified atom stereocenters. The van der Waals surface area contributed by atoms with E-state index in [1.807, 2.05) is 6.92 Å². The predicted octanol–water partition coefficient (Wildman–Crippen LogP) is 2.97. The maximum atomic E-state index is 13.1. The number of ether oxygens (including phenoxy) is 1. The summed E-state index contributed by atoms with van der Waals surface area (Å²) >= 11 is 2.76. The quantitative estimate of drug-likeness (QED) is 0.617. The number of hydrogen-bond acceptors (Lipinski definition) is 7. The van der Waals surface area contributed by atoms with Crippen LogP contribution >= 0.6 is 23.1 Å². The monoisotopic (exact) mass is 409 g/mol. The summed E-state index contributed by atoms with van der Waals surface area (Å²) < 4.78 is 6.06. The van der Waals surface area contributed by atoms with E-state index in [9.17, 15) is 14.4 Å². The standard InChI is InChI=1S/C18H23N3O4S2/c1-5-21-16(23)13-11-7-6-9(2)8-12(11)27-15(13)20-17(21)26-10(3)14(22)19-18(24)25-4/h9-10H,5-8H2,1-4H3,(H,19,22,24)/t9-,10-/m1/s1. The van der Waals surface area contributed by atoms with E-state index in [0.29, 0.717) is 17.6 Å². The summed E-state index contributed by atoms with van der Waals surface area (Å²) in [6, 6.07) is 0. The lowest BCUT2D eigenvalue weighted by Gasteiger charge is -2.18. The van der Waals surface area contributed by atoms with Crippen molar-refractivity contribution in [1.29, 1.82) is 0 Å². The first-order chi connectivity index (χ1) is 12.8. The summed E-state index contributed by atoms with van der Waals surface area (Å²) in [7, 11) is 1.20. The van der Waals surface area contributed by atoms with Gasteiger partial charge in [-0.15, -0.1) is 11.3 Å². The van der Waals surface area contributed by atoms with Gasteiger partial charge in [-0.2, -0.15) is 0 Å². The molecule has 0 spiro atoms. The Bertz CT molecular complexity index is 950. The lowest BCUT2D eigenvalue weighted by atomic mass is 9.89. The molecule has 0 fully saturated rings. The van der Waals surface area contributed by atoms with E-state index in [1.165, 1.54) is 23.7 Å². The van der Waals surface area contributed by atoms with Crippen LogP contribution in [0.25, 0.3) is 10.2 Å². The number of fused-ring (bicyclic) bond motifs is 3. The number of alkyl carbamates (subject to hydrolysis) is 1. The molecule has 0 aliphatic heterocycles. The van der Waals surface area contributed by atoms with Crippen LogP contribution in [0.2, 0.25) is 0 Å². The molecule has 2 atom stereocenters. The summed E-state index contributed by atoms with van der Waals surface area (Å²) in [6.45, 7) is 6.25. The topological polar surface area (TPSA) is 90.3 Å². The number of carbonyl (C=O) groups is 2. The fourth-order valence-electron chi connectivity index (χ4n) is 3.24. The number of aromatic nitrogens is 2. The number of thioether (sulfide) groups is 1. The summed E-state index contributed by atoms with van der Waals surface area (Å²) in [5, 5.41) is 2.78. The van der Waals surface area contributed by atoms with E-state index in [0.717, 1.165) is 35.0 Å². The van der Waals surface area contributed by atoms with Gasteiger partial charge >= 0.3 is 6.09 Å². The minimum Gasteiger partial charge on any atom is -0.453 e. The van der Waals surface area contributed by atoms with Crippen molar-refractivity contribution in [2.24, 2.45) is 5.92 Å². The van der Waals surface area contributed by atoms with E-state index in [2.05, 4.69) is 17.0 Å². The van der Waals surface area contributed by atoms with Gasteiger partial charge in [-0.1, -0.05) is 18.7 Å². The Labute approximate surface area is 165 Å². The molecule has 9 heteroatoms. The molecular formula is C18H23N3O4S2. The predicted molar refractivity (Wildman–Crippen MR) is 107 cm³/mol. The SMILES string of the molecule is CCn1c(S[C@H](C)C(=O)NC(=O)OC)nc2sc3c(c2c1=O)CC[C@@H](C)C3. The van der Waals surface area contributed by atoms with Gasteiger partial charge in [0.2, 0.25) is 5.91 Å². The van der Waals surface area contributed by atoms with Crippen LogP contribution in [0.4, 0.5) is 4.79 Å². The Balaban J connectivity index is 1.97. The number of hydrogen-bond donors (Lipinski definition) is 1. The molecule has 0 saturated carbocycles. The molecule has 0 saturated heterocycles. The summed E-state index contributed by atoms with van der Waals surface area (Å²) in [5.74, 6) is 0.137. The van der Waals surface area contributed by atoms with Crippen LogP contribution < -0.4 is 10.9 Å². The molecule has 0 radical (unpaired) electrons. The number of aryl methyl sites for hydroxylation is 1. The second kappa shape index (κ2) is 8.02. The number of imide groups is 1. The molecule has 1 N–H and O–H groups in total.